The van der Waals surface area contributed by atoms with Crippen molar-refractivity contribution in [3.05, 3.63) is 65.2 Å². The highest BCUT2D eigenvalue weighted by molar-refractivity contribution is 6.01. The molecule has 2 heterocycles. The zero-order valence-corrected chi connectivity index (χ0v) is 28.9. The molecule has 274 valence electrons. The van der Waals surface area contributed by atoms with Crippen LogP contribution in [0, 0.1) is 11.8 Å². The third-order valence-corrected chi connectivity index (χ3v) is 7.90. The van der Waals surface area contributed by atoms with Gasteiger partial charge < -0.3 is 33.4 Å². The number of nitrogens with zero attached hydrogens (tertiary/aromatic N) is 2. The highest BCUT2D eigenvalue weighted by Crippen LogP contribution is 2.26. The van der Waals surface area contributed by atoms with Gasteiger partial charge in [-0.1, -0.05) is 42.2 Å². The molecule has 0 unspecified atom stereocenters. The Morgan fingerprint density at radius 3 is 1.78 bits per heavy atom. The molecule has 2 aliphatic rings. The molecule has 0 N–H and O–H groups in total. The van der Waals surface area contributed by atoms with Crippen molar-refractivity contribution >= 4 is 35.2 Å². The molecule has 2 aromatic rings. The maximum Gasteiger partial charge on any atom is 0.335 e. The highest BCUT2D eigenvalue weighted by Gasteiger charge is 2.32. The Hall–Kier alpha value is -4.45. The monoisotopic (exact) mass is 706 g/mol. The predicted octanol–water partition coefficient (Wildman–Crippen LogP) is 3.53. The number of Topliss-reactive ketones (excluding diaryl/α,β-unsaturated/α-hetero) is 1. The minimum Gasteiger partial charge on any atom is -0.379 e. The Balaban J connectivity index is 0.917. The van der Waals surface area contributed by atoms with Gasteiger partial charge in [0.1, 0.15) is 5.78 Å². The topological polar surface area (TPSA) is 147 Å². The van der Waals surface area contributed by atoms with E-state index in [1.165, 1.54) is 0 Å². The van der Waals surface area contributed by atoms with Gasteiger partial charge in [-0.3, -0.25) is 19.2 Å². The molecule has 1 saturated heterocycles. The zero-order chi connectivity index (χ0) is 36.1. The van der Waals surface area contributed by atoms with E-state index < -0.39 is 17.8 Å². The van der Waals surface area contributed by atoms with Crippen molar-refractivity contribution in [1.82, 2.24) is 5.06 Å². The van der Waals surface area contributed by atoms with E-state index in [9.17, 15) is 24.0 Å². The number of rotatable bonds is 24. The first-order valence-electron chi connectivity index (χ1n) is 17.4. The van der Waals surface area contributed by atoms with Crippen LogP contribution in [0.3, 0.4) is 0 Å². The van der Waals surface area contributed by atoms with Crippen molar-refractivity contribution < 1.29 is 52.5 Å². The number of ketones is 1. The first-order chi connectivity index (χ1) is 24.9. The fraction of sp³-hybridized carbons (Fsp3) is 0.500. The lowest BCUT2D eigenvalue weighted by atomic mass is 10.0. The van der Waals surface area contributed by atoms with E-state index >= 15 is 0 Å². The molecule has 1 fully saturated rings. The molecule has 0 saturated carbocycles. The Bertz CT molecular complexity index is 1520. The summed E-state index contributed by atoms with van der Waals surface area (Å²) in [6.07, 6.45) is 2.18. The van der Waals surface area contributed by atoms with Gasteiger partial charge in [0.2, 0.25) is 5.91 Å². The average Bonchev–Trinajstić information content (AvgIpc) is 3.44. The van der Waals surface area contributed by atoms with Gasteiger partial charge in [-0.25, -0.2) is 4.79 Å². The summed E-state index contributed by atoms with van der Waals surface area (Å²) in [6.45, 7) is 4.01. The number of hydroxylamine groups is 2. The lowest BCUT2D eigenvalue weighted by Gasteiger charge is -2.26. The number of amides is 3. The van der Waals surface area contributed by atoms with E-state index in [-0.39, 0.29) is 50.6 Å². The average molecular weight is 707 g/mol. The van der Waals surface area contributed by atoms with Crippen LogP contribution in [-0.2, 0) is 59.0 Å². The van der Waals surface area contributed by atoms with Crippen LogP contribution in [0.25, 0.3) is 0 Å². The van der Waals surface area contributed by atoms with Crippen molar-refractivity contribution in [1.29, 1.82) is 0 Å². The molecule has 51 heavy (non-hydrogen) atoms. The Morgan fingerprint density at radius 1 is 0.588 bits per heavy atom. The van der Waals surface area contributed by atoms with E-state index in [0.29, 0.717) is 90.1 Å². The molecular weight excluding hydrogens is 660 g/mol. The van der Waals surface area contributed by atoms with E-state index in [0.717, 1.165) is 22.4 Å². The number of hydrogen-bond acceptors (Lipinski definition) is 11. The Labute approximate surface area is 298 Å². The van der Waals surface area contributed by atoms with Gasteiger partial charge >= 0.3 is 5.97 Å². The number of benzene rings is 2. The number of para-hydroxylation sites is 1. The van der Waals surface area contributed by atoms with Crippen LogP contribution in [-0.4, -0.2) is 101 Å². The van der Waals surface area contributed by atoms with Gasteiger partial charge in [-0.15, -0.1) is 5.06 Å². The lowest BCUT2D eigenvalue weighted by Crippen LogP contribution is -2.32. The van der Waals surface area contributed by atoms with Crippen LogP contribution in [0.1, 0.15) is 68.1 Å². The summed E-state index contributed by atoms with van der Waals surface area (Å²) in [6, 6.07) is 15.5. The quantitative estimate of drug-likeness (QED) is 0.0898. The molecule has 0 spiro atoms. The predicted molar refractivity (Wildman–Crippen MR) is 184 cm³/mol. The molecule has 13 heteroatoms. The molecule has 13 nitrogen and oxygen atoms in total. The summed E-state index contributed by atoms with van der Waals surface area (Å²) in [4.78, 5) is 66.8. The maximum absolute atomic E-state index is 13.3. The summed E-state index contributed by atoms with van der Waals surface area (Å²) < 4.78 is 27.2. The van der Waals surface area contributed by atoms with Gasteiger partial charge in [0, 0.05) is 49.8 Å². The number of hydrogen-bond donors (Lipinski definition) is 0. The molecule has 4 rings (SSSR count). The summed E-state index contributed by atoms with van der Waals surface area (Å²) in [5.74, 6) is 4.79. The fourth-order valence-corrected chi connectivity index (χ4v) is 5.22. The van der Waals surface area contributed by atoms with Crippen LogP contribution in [0.5, 0.6) is 0 Å². The fourth-order valence-electron chi connectivity index (χ4n) is 5.22. The summed E-state index contributed by atoms with van der Waals surface area (Å²) in [5.41, 5.74) is 3.53. The van der Waals surface area contributed by atoms with Crippen LogP contribution < -0.4 is 4.90 Å². The summed E-state index contributed by atoms with van der Waals surface area (Å²) in [7, 11) is 0. The molecule has 0 aromatic heterocycles. The Morgan fingerprint density at radius 2 is 1.12 bits per heavy atom. The van der Waals surface area contributed by atoms with E-state index in [1.807, 2.05) is 48.5 Å². The van der Waals surface area contributed by atoms with Gasteiger partial charge in [0.05, 0.1) is 78.1 Å². The minimum absolute atomic E-state index is 0.0211. The van der Waals surface area contributed by atoms with Gasteiger partial charge in [0.25, 0.3) is 11.8 Å². The maximum atomic E-state index is 13.3. The van der Waals surface area contributed by atoms with Gasteiger partial charge in [0.15, 0.2) is 0 Å². The second kappa shape index (κ2) is 22.4. The third-order valence-electron chi connectivity index (χ3n) is 7.90. The van der Waals surface area contributed by atoms with E-state index in [2.05, 4.69) is 11.8 Å². The molecule has 0 atom stereocenters. The number of anilines is 1. The number of carbonyl (C=O) groups is 5. The van der Waals surface area contributed by atoms with Crippen molar-refractivity contribution in [2.24, 2.45) is 0 Å². The molecular formula is C38H46N2O11. The lowest BCUT2D eigenvalue weighted by molar-refractivity contribution is -0.198. The SMILES string of the molecule is O=C(CCCOCCOCCOCCOCCOCCC(=O)ON1C(=O)CCC1=O)CCCC(=O)N1Cc2ccccc2C#Cc2ccccc21. The molecule has 2 aromatic carbocycles. The second-order valence-corrected chi connectivity index (χ2v) is 11.8. The molecule has 0 bridgehead atoms. The second-order valence-electron chi connectivity index (χ2n) is 11.8. The van der Waals surface area contributed by atoms with Crippen LogP contribution in [0.4, 0.5) is 5.69 Å². The third kappa shape index (κ3) is 14.0. The number of fused-ring (bicyclic) bond motifs is 2. The molecule has 2 aliphatic heterocycles. The van der Waals surface area contributed by atoms with Crippen molar-refractivity contribution in [3.8, 4) is 11.8 Å². The number of ether oxygens (including phenoxy) is 5. The standard InChI is InChI=1S/C38H46N2O11/c41-33(10-5-13-35(42)39-29-32-9-2-1-7-30(32)14-15-31-8-3-4-12-34(31)39)11-6-19-46-21-23-48-25-27-50-28-26-49-24-22-47-20-18-38(45)51-40-36(43)16-17-37(40)44/h1-4,7-9,12H,5-6,10-11,13,16-29H2. The van der Waals surface area contributed by atoms with Crippen LogP contribution in [0.2, 0.25) is 0 Å². The van der Waals surface area contributed by atoms with Crippen LogP contribution in [0.15, 0.2) is 48.5 Å². The van der Waals surface area contributed by atoms with Gasteiger partial charge in [-0.2, -0.15) is 0 Å². The van der Waals surface area contributed by atoms with Gasteiger partial charge in [-0.05, 0) is 36.6 Å². The number of carbonyl (C=O) groups excluding carboxylic acids is 5. The largest absolute Gasteiger partial charge is 0.379 e. The highest BCUT2D eigenvalue weighted by atomic mass is 16.7. The van der Waals surface area contributed by atoms with Crippen molar-refractivity contribution in [2.45, 2.75) is 57.9 Å². The zero-order valence-electron chi connectivity index (χ0n) is 28.9. The molecule has 0 aliphatic carbocycles. The van der Waals surface area contributed by atoms with Crippen molar-refractivity contribution in [3.63, 3.8) is 0 Å². The smallest absolute Gasteiger partial charge is 0.335 e. The Kier molecular flexibility index (Phi) is 17.3. The van der Waals surface area contributed by atoms with Crippen molar-refractivity contribution in [2.75, 3.05) is 71.0 Å². The summed E-state index contributed by atoms with van der Waals surface area (Å²) >= 11 is 0. The molecule has 3 amide bonds. The normalized spacial score (nSPS) is 13.6. The van der Waals surface area contributed by atoms with Crippen LogP contribution >= 0.6 is 0 Å². The molecule has 0 radical (unpaired) electrons. The minimum atomic E-state index is -0.707. The van der Waals surface area contributed by atoms with E-state index in [4.69, 9.17) is 28.5 Å². The first-order valence-corrected chi connectivity index (χ1v) is 17.4. The first kappa shape index (κ1) is 39.3. The summed E-state index contributed by atoms with van der Waals surface area (Å²) in [5, 5.41) is 0.514. The van der Waals surface area contributed by atoms with E-state index in [1.54, 1.807) is 4.90 Å². The number of imide groups is 1.